The largest absolute Gasteiger partial charge is 0.376 e. The third-order valence-corrected chi connectivity index (χ3v) is 3.62. The van der Waals surface area contributed by atoms with Crippen molar-refractivity contribution in [3.8, 4) is 0 Å². The van der Waals surface area contributed by atoms with E-state index in [1.807, 2.05) is 13.0 Å². The van der Waals surface area contributed by atoms with Gasteiger partial charge in [-0.1, -0.05) is 17.7 Å². The first-order valence-corrected chi connectivity index (χ1v) is 7.50. The summed E-state index contributed by atoms with van der Waals surface area (Å²) in [6, 6.07) is 12.2. The van der Waals surface area contributed by atoms with E-state index in [1.54, 1.807) is 43.4 Å². The Bertz CT molecular complexity index is 714. The third kappa shape index (κ3) is 4.47. The van der Waals surface area contributed by atoms with Crippen LogP contribution in [0, 0.1) is 6.92 Å². The molecule has 23 heavy (non-hydrogen) atoms. The number of halogens is 1. The standard InChI is InChI=1S/C17H18ClN3O2/c1-11-14(17(23)19-2)4-3-5-15(11)20-10-16(22)21-13-8-6-12(18)7-9-13/h3-9,20H,10H2,1-2H3,(H,19,23)(H,21,22). The lowest BCUT2D eigenvalue weighted by atomic mass is 10.1. The lowest BCUT2D eigenvalue weighted by molar-refractivity contribution is -0.114. The lowest BCUT2D eigenvalue weighted by Gasteiger charge is -2.12. The van der Waals surface area contributed by atoms with Crippen LogP contribution in [0.25, 0.3) is 0 Å². The SMILES string of the molecule is CNC(=O)c1cccc(NCC(=O)Nc2ccc(Cl)cc2)c1C. The highest BCUT2D eigenvalue weighted by molar-refractivity contribution is 6.30. The lowest BCUT2D eigenvalue weighted by Crippen LogP contribution is -2.23. The van der Waals surface area contributed by atoms with Crippen LogP contribution in [-0.2, 0) is 4.79 Å². The van der Waals surface area contributed by atoms with Crippen LogP contribution >= 0.6 is 11.6 Å². The molecule has 2 aromatic rings. The van der Waals surface area contributed by atoms with E-state index >= 15 is 0 Å². The molecule has 0 saturated heterocycles. The first-order chi connectivity index (χ1) is 11.0. The van der Waals surface area contributed by atoms with Crippen LogP contribution < -0.4 is 16.0 Å². The predicted molar refractivity (Wildman–Crippen MR) is 93.1 cm³/mol. The van der Waals surface area contributed by atoms with Gasteiger partial charge in [-0.15, -0.1) is 0 Å². The van der Waals surface area contributed by atoms with Crippen molar-refractivity contribution < 1.29 is 9.59 Å². The first-order valence-electron chi connectivity index (χ1n) is 7.12. The quantitative estimate of drug-likeness (QED) is 0.788. The average Bonchev–Trinajstić information content (AvgIpc) is 2.55. The summed E-state index contributed by atoms with van der Waals surface area (Å²) >= 11 is 5.80. The van der Waals surface area contributed by atoms with E-state index in [0.717, 1.165) is 11.3 Å². The van der Waals surface area contributed by atoms with Crippen LogP contribution in [0.3, 0.4) is 0 Å². The molecule has 0 heterocycles. The van der Waals surface area contributed by atoms with Gasteiger partial charge in [-0.2, -0.15) is 0 Å². The monoisotopic (exact) mass is 331 g/mol. The summed E-state index contributed by atoms with van der Waals surface area (Å²) in [4.78, 5) is 23.7. The van der Waals surface area contributed by atoms with E-state index in [0.29, 0.717) is 16.3 Å². The van der Waals surface area contributed by atoms with Crippen molar-refractivity contribution in [2.45, 2.75) is 6.92 Å². The fourth-order valence-corrected chi connectivity index (χ4v) is 2.25. The topological polar surface area (TPSA) is 70.2 Å². The van der Waals surface area contributed by atoms with Crippen molar-refractivity contribution in [2.75, 3.05) is 24.2 Å². The molecule has 5 nitrogen and oxygen atoms in total. The maximum absolute atomic E-state index is 12.0. The zero-order valence-electron chi connectivity index (χ0n) is 12.9. The second kappa shape index (κ2) is 7.65. The number of amides is 2. The summed E-state index contributed by atoms with van der Waals surface area (Å²) in [5.41, 5.74) is 2.80. The van der Waals surface area contributed by atoms with Crippen molar-refractivity contribution >= 4 is 34.8 Å². The van der Waals surface area contributed by atoms with Crippen molar-refractivity contribution in [3.05, 3.63) is 58.6 Å². The number of hydrogen-bond acceptors (Lipinski definition) is 3. The molecule has 2 amide bonds. The number of carbonyl (C=O) groups excluding carboxylic acids is 2. The molecule has 2 rings (SSSR count). The van der Waals surface area contributed by atoms with E-state index in [2.05, 4.69) is 16.0 Å². The van der Waals surface area contributed by atoms with Crippen LogP contribution in [0.1, 0.15) is 15.9 Å². The number of hydrogen-bond donors (Lipinski definition) is 3. The molecule has 0 saturated carbocycles. The molecule has 0 aliphatic carbocycles. The van der Waals surface area contributed by atoms with Gasteiger partial charge in [-0.25, -0.2) is 0 Å². The van der Waals surface area contributed by atoms with Crippen LogP contribution in [0.15, 0.2) is 42.5 Å². The molecule has 120 valence electrons. The second-order valence-electron chi connectivity index (χ2n) is 4.97. The Hall–Kier alpha value is -2.53. The smallest absolute Gasteiger partial charge is 0.251 e. The molecule has 0 atom stereocenters. The number of benzene rings is 2. The molecule has 6 heteroatoms. The van der Waals surface area contributed by atoms with Gasteiger partial charge in [0.25, 0.3) is 5.91 Å². The summed E-state index contributed by atoms with van der Waals surface area (Å²) in [6.45, 7) is 1.94. The second-order valence-corrected chi connectivity index (χ2v) is 5.40. The molecule has 0 aromatic heterocycles. The van der Waals surface area contributed by atoms with E-state index in [-0.39, 0.29) is 18.4 Å². The van der Waals surface area contributed by atoms with E-state index in [9.17, 15) is 9.59 Å². The van der Waals surface area contributed by atoms with Gasteiger partial charge in [-0.05, 0) is 48.9 Å². The molecule has 0 aliphatic rings. The number of rotatable bonds is 5. The van der Waals surface area contributed by atoms with Crippen molar-refractivity contribution in [3.63, 3.8) is 0 Å². The Morgan fingerprint density at radius 2 is 1.78 bits per heavy atom. The van der Waals surface area contributed by atoms with Crippen molar-refractivity contribution in [1.29, 1.82) is 0 Å². The number of nitrogens with one attached hydrogen (secondary N) is 3. The zero-order chi connectivity index (χ0) is 16.8. The van der Waals surface area contributed by atoms with Gasteiger partial charge in [0, 0.05) is 29.0 Å². The molecule has 0 fully saturated rings. The Morgan fingerprint density at radius 3 is 2.43 bits per heavy atom. The third-order valence-electron chi connectivity index (χ3n) is 3.37. The van der Waals surface area contributed by atoms with Gasteiger partial charge in [0.2, 0.25) is 5.91 Å². The minimum absolute atomic E-state index is 0.0979. The maximum Gasteiger partial charge on any atom is 0.251 e. The van der Waals surface area contributed by atoms with Gasteiger partial charge in [0.05, 0.1) is 6.54 Å². The van der Waals surface area contributed by atoms with E-state index < -0.39 is 0 Å². The van der Waals surface area contributed by atoms with Gasteiger partial charge in [-0.3, -0.25) is 9.59 Å². The van der Waals surface area contributed by atoms with Crippen LogP contribution in [0.2, 0.25) is 5.02 Å². The Balaban J connectivity index is 1.99. The Morgan fingerprint density at radius 1 is 1.09 bits per heavy atom. The van der Waals surface area contributed by atoms with Gasteiger partial charge >= 0.3 is 0 Å². The molecule has 0 bridgehead atoms. The average molecular weight is 332 g/mol. The molecule has 0 aliphatic heterocycles. The highest BCUT2D eigenvalue weighted by Gasteiger charge is 2.10. The fourth-order valence-electron chi connectivity index (χ4n) is 2.12. The summed E-state index contributed by atoms with van der Waals surface area (Å²) in [6.07, 6.45) is 0. The highest BCUT2D eigenvalue weighted by Crippen LogP contribution is 2.19. The highest BCUT2D eigenvalue weighted by atomic mass is 35.5. The van der Waals surface area contributed by atoms with Crippen molar-refractivity contribution in [1.82, 2.24) is 5.32 Å². The molecule has 2 aromatic carbocycles. The number of anilines is 2. The van der Waals surface area contributed by atoms with Gasteiger partial charge in [0.15, 0.2) is 0 Å². The Kier molecular flexibility index (Phi) is 5.60. The summed E-state index contributed by atoms with van der Waals surface area (Å²) < 4.78 is 0. The molecule has 3 N–H and O–H groups in total. The molecular weight excluding hydrogens is 314 g/mol. The van der Waals surface area contributed by atoms with Crippen LogP contribution in [-0.4, -0.2) is 25.4 Å². The summed E-state index contributed by atoms with van der Waals surface area (Å²) in [5.74, 6) is -0.339. The molecule has 0 radical (unpaired) electrons. The van der Waals surface area contributed by atoms with E-state index in [4.69, 9.17) is 11.6 Å². The molecule has 0 spiro atoms. The normalized spacial score (nSPS) is 10.0. The Labute approximate surface area is 140 Å². The van der Waals surface area contributed by atoms with Gasteiger partial charge < -0.3 is 16.0 Å². The van der Waals surface area contributed by atoms with Crippen molar-refractivity contribution in [2.24, 2.45) is 0 Å². The minimum Gasteiger partial charge on any atom is -0.376 e. The predicted octanol–water partition coefficient (Wildman–Crippen LogP) is 3.06. The van der Waals surface area contributed by atoms with Crippen LogP contribution in [0.4, 0.5) is 11.4 Å². The number of carbonyl (C=O) groups is 2. The molecule has 0 unspecified atom stereocenters. The van der Waals surface area contributed by atoms with E-state index in [1.165, 1.54) is 0 Å². The fraction of sp³-hybridized carbons (Fsp3) is 0.176. The summed E-state index contributed by atoms with van der Waals surface area (Å²) in [7, 11) is 1.58. The zero-order valence-corrected chi connectivity index (χ0v) is 13.7. The summed E-state index contributed by atoms with van der Waals surface area (Å²) in [5, 5.41) is 9.02. The minimum atomic E-state index is -0.183. The maximum atomic E-state index is 12.0. The molecular formula is C17H18ClN3O2. The van der Waals surface area contributed by atoms with Gasteiger partial charge in [0.1, 0.15) is 0 Å². The van der Waals surface area contributed by atoms with Crippen LogP contribution in [0.5, 0.6) is 0 Å². The first kappa shape index (κ1) is 16.8.